The lowest BCUT2D eigenvalue weighted by Crippen LogP contribution is -1.83. The van der Waals surface area contributed by atoms with Crippen LogP contribution in [0.5, 0.6) is 0 Å². The van der Waals surface area contributed by atoms with E-state index >= 15 is 0 Å². The third-order valence-electron chi connectivity index (χ3n) is 4.34. The number of hydrogen-bond acceptors (Lipinski definition) is 0. The molecule has 24 heavy (non-hydrogen) atoms. The van der Waals surface area contributed by atoms with Crippen molar-refractivity contribution in [3.05, 3.63) is 70.5 Å². The number of aryl methyl sites for hydroxylation is 2. The molecule has 0 aliphatic carbocycles. The van der Waals surface area contributed by atoms with Gasteiger partial charge in [0.2, 0.25) is 0 Å². The Morgan fingerprint density at radius 1 is 0.833 bits per heavy atom. The number of halogens is 1. The highest BCUT2D eigenvalue weighted by atomic mass is 35.5. The Hall–Kier alpha value is -2.19. The average Bonchev–Trinajstić information content (AvgIpc) is 3.12. The minimum atomic E-state index is 0.593. The smallest absolute Gasteiger partial charge is 0.0457 e. The molecule has 3 heteroatoms. The van der Waals surface area contributed by atoms with Crippen LogP contribution in [0.3, 0.4) is 0 Å². The number of benzene rings is 2. The Labute approximate surface area is 147 Å². The van der Waals surface area contributed by atoms with Crippen LogP contribution >= 0.6 is 11.6 Å². The molecule has 4 aromatic rings. The number of aromatic amines is 2. The van der Waals surface area contributed by atoms with E-state index < -0.39 is 0 Å². The number of H-pyrrole nitrogens is 2. The van der Waals surface area contributed by atoms with Gasteiger partial charge in [-0.3, -0.25) is 0 Å². The molecule has 0 spiro atoms. The molecule has 0 atom stereocenters. The predicted octanol–water partition coefficient (Wildman–Crippen LogP) is 6.73. The molecule has 0 aliphatic heterocycles. The summed E-state index contributed by atoms with van der Waals surface area (Å²) in [5.74, 6) is 0.593. The van der Waals surface area contributed by atoms with E-state index in [1.165, 1.54) is 33.0 Å². The van der Waals surface area contributed by atoms with E-state index in [0.29, 0.717) is 5.92 Å². The quantitative estimate of drug-likeness (QED) is 0.385. The molecule has 0 unspecified atom stereocenters. The van der Waals surface area contributed by atoms with Crippen molar-refractivity contribution in [2.24, 2.45) is 0 Å². The zero-order chi connectivity index (χ0) is 17.3. The monoisotopic (exact) mass is 338 g/mol. The lowest BCUT2D eigenvalue weighted by molar-refractivity contribution is 0.875. The Bertz CT molecular complexity index is 976. The molecule has 0 radical (unpaired) electrons. The molecular formula is C21H23ClN2. The molecule has 0 fully saturated rings. The van der Waals surface area contributed by atoms with Crippen LogP contribution < -0.4 is 0 Å². The Morgan fingerprint density at radius 3 is 2.25 bits per heavy atom. The fourth-order valence-corrected chi connectivity index (χ4v) is 3.14. The fourth-order valence-electron chi connectivity index (χ4n) is 2.97. The van der Waals surface area contributed by atoms with E-state index in [-0.39, 0.29) is 0 Å². The van der Waals surface area contributed by atoms with Crippen LogP contribution in [0.2, 0.25) is 5.02 Å². The third-order valence-corrected chi connectivity index (χ3v) is 4.58. The molecule has 0 amide bonds. The number of fused-ring (bicyclic) bond motifs is 2. The number of nitrogens with one attached hydrogen (secondary N) is 2. The predicted molar refractivity (Wildman–Crippen MR) is 105 cm³/mol. The molecule has 0 aliphatic rings. The molecule has 2 N–H and O–H groups in total. The second-order valence-electron chi connectivity index (χ2n) is 6.61. The van der Waals surface area contributed by atoms with Gasteiger partial charge in [0.15, 0.2) is 0 Å². The van der Waals surface area contributed by atoms with Crippen LogP contribution in [0.25, 0.3) is 21.8 Å². The first-order valence-electron chi connectivity index (χ1n) is 8.26. The molecule has 124 valence electrons. The fraction of sp³-hybridized carbons (Fsp3) is 0.238. The molecule has 0 bridgehead atoms. The highest BCUT2D eigenvalue weighted by molar-refractivity contribution is 6.31. The van der Waals surface area contributed by atoms with Crippen molar-refractivity contribution in [2.75, 3.05) is 0 Å². The summed E-state index contributed by atoms with van der Waals surface area (Å²) in [6, 6.07) is 12.4. The summed E-state index contributed by atoms with van der Waals surface area (Å²) >= 11 is 5.83. The summed E-state index contributed by atoms with van der Waals surface area (Å²) in [6.07, 6.45) is 4.11. The third kappa shape index (κ3) is 3.34. The van der Waals surface area contributed by atoms with Crippen molar-refractivity contribution in [1.29, 1.82) is 0 Å². The van der Waals surface area contributed by atoms with Crippen LogP contribution in [0.1, 0.15) is 36.5 Å². The van der Waals surface area contributed by atoms with Gasteiger partial charge in [0.1, 0.15) is 0 Å². The highest BCUT2D eigenvalue weighted by Crippen LogP contribution is 2.25. The molecule has 2 heterocycles. The first kappa shape index (κ1) is 16.7. The van der Waals surface area contributed by atoms with Crippen molar-refractivity contribution in [3.63, 3.8) is 0 Å². The van der Waals surface area contributed by atoms with Crippen LogP contribution in [0, 0.1) is 13.8 Å². The molecule has 2 aromatic heterocycles. The maximum Gasteiger partial charge on any atom is 0.0457 e. The van der Waals surface area contributed by atoms with Crippen LogP contribution in [0.15, 0.2) is 48.8 Å². The molecule has 2 aromatic carbocycles. The molecule has 2 nitrogen and oxygen atoms in total. The zero-order valence-corrected chi connectivity index (χ0v) is 15.3. The maximum absolute atomic E-state index is 5.83. The summed E-state index contributed by atoms with van der Waals surface area (Å²) in [7, 11) is 0. The lowest BCUT2D eigenvalue weighted by Gasteiger charge is -2.02. The SMILES string of the molecule is Cc1c[nH]c2ccc(Cl)cc12.Cc1ccc2[nH]cc(C(C)C)c2c1. The second-order valence-corrected chi connectivity index (χ2v) is 7.05. The van der Waals surface area contributed by atoms with Gasteiger partial charge in [-0.2, -0.15) is 0 Å². The molecular weight excluding hydrogens is 316 g/mol. The zero-order valence-electron chi connectivity index (χ0n) is 14.6. The van der Waals surface area contributed by atoms with Crippen molar-refractivity contribution < 1.29 is 0 Å². The van der Waals surface area contributed by atoms with Gasteiger partial charge >= 0.3 is 0 Å². The topological polar surface area (TPSA) is 31.6 Å². The lowest BCUT2D eigenvalue weighted by atomic mass is 10.0. The second kappa shape index (κ2) is 6.74. The summed E-state index contributed by atoms with van der Waals surface area (Å²) in [4.78, 5) is 6.45. The molecule has 0 saturated carbocycles. The summed E-state index contributed by atoms with van der Waals surface area (Å²) in [6.45, 7) is 8.65. The molecule has 0 saturated heterocycles. The van der Waals surface area contributed by atoms with Crippen molar-refractivity contribution >= 4 is 33.4 Å². The largest absolute Gasteiger partial charge is 0.361 e. The van der Waals surface area contributed by atoms with Crippen molar-refractivity contribution in [3.8, 4) is 0 Å². The standard InChI is InChI=1S/C12H15N.C9H8ClN/c1-8(2)11-7-13-12-5-4-9(3)6-10(11)12;1-6-5-11-9-3-2-7(10)4-8(6)9/h4-8,13H,1-3H3;2-5,11H,1H3. The number of hydrogen-bond donors (Lipinski definition) is 2. The van der Waals surface area contributed by atoms with Gasteiger partial charge < -0.3 is 9.97 Å². The minimum absolute atomic E-state index is 0.593. The Morgan fingerprint density at radius 2 is 1.50 bits per heavy atom. The van der Waals surface area contributed by atoms with E-state index in [0.717, 1.165) is 10.5 Å². The molecule has 4 rings (SSSR count). The van der Waals surface area contributed by atoms with Gasteiger partial charge in [-0.25, -0.2) is 0 Å². The van der Waals surface area contributed by atoms with Crippen LogP contribution in [-0.4, -0.2) is 9.97 Å². The van der Waals surface area contributed by atoms with Gasteiger partial charge in [0, 0.05) is 39.2 Å². The van der Waals surface area contributed by atoms with Crippen LogP contribution in [-0.2, 0) is 0 Å². The van der Waals surface area contributed by atoms with E-state index in [1.807, 2.05) is 24.4 Å². The first-order chi connectivity index (χ1) is 11.5. The van der Waals surface area contributed by atoms with E-state index in [9.17, 15) is 0 Å². The van der Waals surface area contributed by atoms with Gasteiger partial charge in [-0.1, -0.05) is 37.1 Å². The van der Waals surface area contributed by atoms with Crippen LogP contribution in [0.4, 0.5) is 0 Å². The number of rotatable bonds is 1. The summed E-state index contributed by atoms with van der Waals surface area (Å²) < 4.78 is 0. The summed E-state index contributed by atoms with van der Waals surface area (Å²) in [5, 5.41) is 3.37. The van der Waals surface area contributed by atoms with Crippen molar-refractivity contribution in [2.45, 2.75) is 33.6 Å². The van der Waals surface area contributed by atoms with Gasteiger partial charge in [0.25, 0.3) is 0 Å². The highest BCUT2D eigenvalue weighted by Gasteiger charge is 2.06. The maximum atomic E-state index is 5.83. The van der Waals surface area contributed by atoms with Gasteiger partial charge in [-0.05, 0) is 61.2 Å². The van der Waals surface area contributed by atoms with E-state index in [2.05, 4.69) is 62.1 Å². The van der Waals surface area contributed by atoms with Gasteiger partial charge in [-0.15, -0.1) is 0 Å². The van der Waals surface area contributed by atoms with E-state index in [4.69, 9.17) is 11.6 Å². The normalized spacial score (nSPS) is 11.1. The number of aromatic nitrogens is 2. The summed E-state index contributed by atoms with van der Waals surface area (Å²) in [5.41, 5.74) is 6.37. The Kier molecular flexibility index (Phi) is 4.68. The minimum Gasteiger partial charge on any atom is -0.361 e. The van der Waals surface area contributed by atoms with Gasteiger partial charge in [0.05, 0.1) is 0 Å². The van der Waals surface area contributed by atoms with Crippen molar-refractivity contribution in [1.82, 2.24) is 9.97 Å². The van der Waals surface area contributed by atoms with E-state index in [1.54, 1.807) is 0 Å². The Balaban J connectivity index is 0.000000143. The average molecular weight is 339 g/mol. The first-order valence-corrected chi connectivity index (χ1v) is 8.64.